The van der Waals surface area contributed by atoms with E-state index in [2.05, 4.69) is 10.3 Å². The lowest BCUT2D eigenvalue weighted by atomic mass is 10.1. The second-order valence-electron chi connectivity index (χ2n) is 2.29. The molecule has 1 rings (SSSR count). The van der Waals surface area contributed by atoms with Gasteiger partial charge in [0.25, 0.3) is 0 Å². The van der Waals surface area contributed by atoms with Gasteiger partial charge in [-0.25, -0.2) is 0 Å². The fourth-order valence-electron chi connectivity index (χ4n) is 1.10. The van der Waals surface area contributed by atoms with Gasteiger partial charge in [0.2, 0.25) is 0 Å². The molecule has 0 saturated carbocycles. The summed E-state index contributed by atoms with van der Waals surface area (Å²) < 4.78 is 0. The Hall–Kier alpha value is -0.830. The van der Waals surface area contributed by atoms with Crippen molar-refractivity contribution in [2.45, 2.75) is 34.1 Å². The normalized spacial score (nSPS) is 20.6. The zero-order chi connectivity index (χ0) is 11.4. The molecule has 1 aliphatic rings. The predicted octanol–water partition coefficient (Wildman–Crippen LogP) is 2.19. The third kappa shape index (κ3) is 5.75. The molecule has 3 heteroatoms. The van der Waals surface area contributed by atoms with Crippen molar-refractivity contribution in [2.75, 3.05) is 20.1 Å². The number of hydrogen-bond acceptors (Lipinski definition) is 3. The van der Waals surface area contributed by atoms with Crippen molar-refractivity contribution in [1.82, 2.24) is 5.32 Å². The van der Waals surface area contributed by atoms with Crippen LogP contribution in [0, 0.1) is 0 Å². The first-order valence-corrected chi connectivity index (χ1v) is 5.46. The van der Waals surface area contributed by atoms with E-state index in [9.17, 15) is 0 Å². The highest BCUT2D eigenvalue weighted by Crippen LogP contribution is 2.03. The summed E-state index contributed by atoms with van der Waals surface area (Å²) in [5, 5.41) is 3.22. The van der Waals surface area contributed by atoms with Crippen LogP contribution in [0.1, 0.15) is 35.5 Å². The Kier molecular flexibility index (Phi) is 13.6. The van der Waals surface area contributed by atoms with Gasteiger partial charge in [-0.15, -0.1) is 0 Å². The smallest absolute Gasteiger partial charge is 0.0416 e. The van der Waals surface area contributed by atoms with Crippen LogP contribution in [0.3, 0.4) is 0 Å². The zero-order valence-corrected chi connectivity index (χ0v) is 10.2. The maximum atomic E-state index is 5.39. The first-order chi connectivity index (χ1) is 6.88. The molecule has 0 unspecified atom stereocenters. The van der Waals surface area contributed by atoms with Gasteiger partial charge in [-0.1, -0.05) is 27.7 Å². The van der Waals surface area contributed by atoms with Crippen LogP contribution in [0.5, 0.6) is 0 Å². The first-order valence-electron chi connectivity index (χ1n) is 5.46. The molecule has 1 heterocycles. The molecule has 14 heavy (non-hydrogen) atoms. The Morgan fingerprint density at radius 2 is 1.93 bits per heavy atom. The van der Waals surface area contributed by atoms with Gasteiger partial charge in [-0.05, 0) is 0 Å². The zero-order valence-electron chi connectivity index (χ0n) is 10.2. The number of nitrogens with one attached hydrogen (secondary N) is 1. The van der Waals surface area contributed by atoms with Gasteiger partial charge in [-0.2, -0.15) is 0 Å². The molecule has 1 aliphatic heterocycles. The van der Waals surface area contributed by atoms with E-state index >= 15 is 0 Å². The minimum Gasteiger partial charge on any atom is -0.404 e. The molecule has 0 radical (unpaired) electrons. The lowest BCUT2D eigenvalue weighted by Crippen LogP contribution is -2.31. The molecular weight excluding hydrogens is 174 g/mol. The number of aliphatic imine (C=N–C) groups is 1. The molecule has 0 spiro atoms. The molecule has 0 bridgehead atoms. The minimum atomic E-state index is 0. The van der Waals surface area contributed by atoms with E-state index in [1.54, 1.807) is 6.20 Å². The van der Waals surface area contributed by atoms with E-state index in [4.69, 9.17) is 5.73 Å². The molecule has 0 aromatic rings. The predicted molar refractivity (Wildman–Crippen MR) is 67.9 cm³/mol. The minimum absolute atomic E-state index is 0. The molecule has 0 aromatic carbocycles. The molecule has 0 atom stereocenters. The highest BCUT2D eigenvalue weighted by Gasteiger charge is 2.09. The van der Waals surface area contributed by atoms with E-state index < -0.39 is 0 Å². The van der Waals surface area contributed by atoms with Crippen LogP contribution in [0.25, 0.3) is 0 Å². The first kappa shape index (κ1) is 15.6. The number of piperidine rings is 1. The fourth-order valence-corrected chi connectivity index (χ4v) is 1.10. The third-order valence-corrected chi connectivity index (χ3v) is 1.70. The quantitative estimate of drug-likeness (QED) is 0.631. The van der Waals surface area contributed by atoms with E-state index in [-0.39, 0.29) is 1.43 Å². The van der Waals surface area contributed by atoms with Crippen LogP contribution in [-0.4, -0.2) is 25.8 Å². The van der Waals surface area contributed by atoms with Gasteiger partial charge in [0.15, 0.2) is 0 Å². The summed E-state index contributed by atoms with van der Waals surface area (Å²) in [4.78, 5) is 4.13. The highest BCUT2D eigenvalue weighted by atomic mass is 14.9. The van der Waals surface area contributed by atoms with Crippen LogP contribution in [0.2, 0.25) is 0 Å². The molecule has 1 fully saturated rings. The van der Waals surface area contributed by atoms with Gasteiger partial charge in [0.1, 0.15) is 0 Å². The Morgan fingerprint density at radius 1 is 1.36 bits per heavy atom. The van der Waals surface area contributed by atoms with Gasteiger partial charge >= 0.3 is 0 Å². The summed E-state index contributed by atoms with van der Waals surface area (Å²) in [6.07, 6.45) is 2.63. The molecule has 3 nitrogen and oxygen atoms in total. The van der Waals surface area contributed by atoms with Gasteiger partial charge in [0.05, 0.1) is 0 Å². The Morgan fingerprint density at radius 3 is 2.29 bits per heavy atom. The second kappa shape index (κ2) is 12.2. The summed E-state index contributed by atoms with van der Waals surface area (Å²) in [5.41, 5.74) is 7.66. The molecule has 0 aromatic heterocycles. The van der Waals surface area contributed by atoms with Gasteiger partial charge in [0, 0.05) is 45.5 Å². The standard InChI is InChI=1S/C7H13N3.2C2H6.H2/c1-9-7-2-3-10-5-6(7)4-8;2*1-2;/h4,10H,2-3,5,8H2,1H3;2*1-2H3;1H/b6-4-,9-7?;;;. The van der Waals surface area contributed by atoms with Crippen molar-refractivity contribution in [3.05, 3.63) is 11.8 Å². The maximum Gasteiger partial charge on any atom is 0.0416 e. The monoisotopic (exact) mass is 201 g/mol. The van der Waals surface area contributed by atoms with Crippen molar-refractivity contribution in [2.24, 2.45) is 10.7 Å². The van der Waals surface area contributed by atoms with E-state index in [1.807, 2.05) is 34.7 Å². The van der Waals surface area contributed by atoms with E-state index in [0.29, 0.717) is 0 Å². The number of nitrogens with zero attached hydrogens (tertiary/aromatic N) is 1. The topological polar surface area (TPSA) is 50.4 Å². The molecule has 86 valence electrons. The van der Waals surface area contributed by atoms with Crippen LogP contribution in [0.15, 0.2) is 16.8 Å². The summed E-state index contributed by atoms with van der Waals surface area (Å²) in [6.45, 7) is 9.88. The SMILES string of the molecule is CC.CC.CN=C1CCNC/C1=C/N.[HH]. The molecule has 1 saturated heterocycles. The van der Waals surface area contributed by atoms with Crippen LogP contribution in [0.4, 0.5) is 0 Å². The van der Waals surface area contributed by atoms with Crippen molar-refractivity contribution in [3.8, 4) is 0 Å². The van der Waals surface area contributed by atoms with Gasteiger partial charge < -0.3 is 11.1 Å². The van der Waals surface area contributed by atoms with Crippen molar-refractivity contribution in [3.63, 3.8) is 0 Å². The fraction of sp³-hybridized carbons (Fsp3) is 0.727. The third-order valence-electron chi connectivity index (χ3n) is 1.70. The van der Waals surface area contributed by atoms with Crippen LogP contribution in [-0.2, 0) is 0 Å². The van der Waals surface area contributed by atoms with Crippen LogP contribution < -0.4 is 11.1 Å². The van der Waals surface area contributed by atoms with Crippen LogP contribution >= 0.6 is 0 Å². The van der Waals surface area contributed by atoms with E-state index in [1.165, 1.54) is 0 Å². The lowest BCUT2D eigenvalue weighted by Gasteiger charge is -2.16. The Labute approximate surface area is 90.0 Å². The van der Waals surface area contributed by atoms with Crippen molar-refractivity contribution < 1.29 is 1.43 Å². The molecule has 0 amide bonds. The van der Waals surface area contributed by atoms with Gasteiger partial charge in [-0.3, -0.25) is 4.99 Å². The molecule has 3 N–H and O–H groups in total. The number of nitrogens with two attached hydrogens (primary N) is 1. The van der Waals surface area contributed by atoms with Crippen molar-refractivity contribution >= 4 is 5.71 Å². The lowest BCUT2D eigenvalue weighted by molar-refractivity contribution is 0.728. The second-order valence-corrected chi connectivity index (χ2v) is 2.29. The molecule has 0 aliphatic carbocycles. The largest absolute Gasteiger partial charge is 0.404 e. The maximum absolute atomic E-state index is 5.39. The highest BCUT2D eigenvalue weighted by molar-refractivity contribution is 6.01. The Balaban J connectivity index is -0.000000258. The number of hydrogen-bond donors (Lipinski definition) is 2. The van der Waals surface area contributed by atoms with Crippen molar-refractivity contribution in [1.29, 1.82) is 0 Å². The summed E-state index contributed by atoms with van der Waals surface area (Å²) in [5.74, 6) is 0. The Bertz CT molecular complexity index is 157. The molecular formula is C11H27N3. The summed E-state index contributed by atoms with van der Waals surface area (Å²) in [7, 11) is 1.81. The number of rotatable bonds is 0. The van der Waals surface area contributed by atoms with E-state index in [0.717, 1.165) is 30.8 Å². The summed E-state index contributed by atoms with van der Waals surface area (Å²) in [6, 6.07) is 0. The average molecular weight is 201 g/mol. The average Bonchev–Trinajstić information content (AvgIpc) is 2.34. The summed E-state index contributed by atoms with van der Waals surface area (Å²) >= 11 is 0.